The lowest BCUT2D eigenvalue weighted by molar-refractivity contribution is -0.458. The third-order valence-electron chi connectivity index (χ3n) is 0.864. The highest BCUT2D eigenvalue weighted by molar-refractivity contribution is 4.76. The summed E-state index contributed by atoms with van der Waals surface area (Å²) in [7, 11) is 1.53. The number of hydroxylamine groups is 4. The molecule has 0 radical (unpaired) electrons. The van der Waals surface area contributed by atoms with Gasteiger partial charge in [-0.15, -0.1) is 9.88 Å². The van der Waals surface area contributed by atoms with Crippen LogP contribution in [0.3, 0.4) is 0 Å². The number of rotatable bonds is 7. The standard InChI is InChI=1S/C7H13N3O3/c1-5-9(4)13-10(6-2)12-8-11-7-3/h1,6,8H,2,7H2,3-4H3. The van der Waals surface area contributed by atoms with E-state index < -0.39 is 0 Å². The minimum atomic E-state index is 0.454. The molecule has 0 aliphatic heterocycles. The number of terminal acetylenes is 1. The Morgan fingerprint density at radius 2 is 2.38 bits per heavy atom. The van der Waals surface area contributed by atoms with Gasteiger partial charge in [-0.1, -0.05) is 23.9 Å². The van der Waals surface area contributed by atoms with E-state index in [1.165, 1.54) is 13.2 Å². The van der Waals surface area contributed by atoms with Crippen LogP contribution in [0.15, 0.2) is 12.8 Å². The molecule has 0 spiro atoms. The molecule has 0 amide bonds. The average Bonchev–Trinajstić information content (AvgIpc) is 2.16. The first-order chi connectivity index (χ1) is 6.24. The van der Waals surface area contributed by atoms with E-state index in [4.69, 9.17) is 11.4 Å². The van der Waals surface area contributed by atoms with Gasteiger partial charge in [-0.3, -0.25) is 4.84 Å². The molecule has 0 bridgehead atoms. The van der Waals surface area contributed by atoms with Gasteiger partial charge in [0.25, 0.3) is 0 Å². The second-order valence-corrected chi connectivity index (χ2v) is 1.78. The molecule has 0 aromatic carbocycles. The number of hydrogen-bond donors (Lipinski definition) is 1. The first-order valence-electron chi connectivity index (χ1n) is 3.58. The maximum absolute atomic E-state index is 5.01. The van der Waals surface area contributed by atoms with Crippen molar-refractivity contribution in [3.63, 3.8) is 0 Å². The molecule has 0 saturated carbocycles. The van der Waals surface area contributed by atoms with Gasteiger partial charge in [-0.05, 0) is 6.92 Å². The van der Waals surface area contributed by atoms with Crippen LogP contribution < -0.4 is 5.64 Å². The van der Waals surface area contributed by atoms with E-state index in [2.05, 4.69) is 28.0 Å². The molecule has 13 heavy (non-hydrogen) atoms. The fourth-order valence-corrected chi connectivity index (χ4v) is 0.354. The highest BCUT2D eigenvalue weighted by atomic mass is 17.1. The summed E-state index contributed by atoms with van der Waals surface area (Å²) in [6, 6.07) is 2.19. The fraction of sp³-hybridized carbons (Fsp3) is 0.429. The summed E-state index contributed by atoms with van der Waals surface area (Å²) in [6.07, 6.45) is 6.28. The Bertz CT molecular complexity index is 180. The maximum atomic E-state index is 5.01. The summed E-state index contributed by atoms with van der Waals surface area (Å²) in [5.74, 6) is 0. The molecule has 0 atom stereocenters. The molecule has 6 heteroatoms. The zero-order chi connectivity index (χ0) is 10.1. The van der Waals surface area contributed by atoms with E-state index in [0.717, 1.165) is 10.3 Å². The number of nitrogens with zero attached hydrogens (tertiary/aromatic N) is 2. The van der Waals surface area contributed by atoms with E-state index in [0.29, 0.717) is 6.61 Å². The number of nitrogens with one attached hydrogen (secondary N) is 1. The van der Waals surface area contributed by atoms with Gasteiger partial charge in [-0.25, -0.2) is 0 Å². The lowest BCUT2D eigenvalue weighted by Crippen LogP contribution is -2.32. The molecule has 1 N–H and O–H groups in total. The van der Waals surface area contributed by atoms with Crippen LogP contribution in [-0.2, 0) is 14.7 Å². The summed E-state index contributed by atoms with van der Waals surface area (Å²) in [4.78, 5) is 14.2. The van der Waals surface area contributed by atoms with Crippen LogP contribution in [0.1, 0.15) is 6.92 Å². The average molecular weight is 187 g/mol. The Kier molecular flexibility index (Phi) is 6.68. The summed E-state index contributed by atoms with van der Waals surface area (Å²) in [5.41, 5.74) is 2.15. The SMILES string of the molecule is C#CN(C)ON(C=C)ONOCC. The van der Waals surface area contributed by atoms with Gasteiger partial charge in [0.1, 0.15) is 0 Å². The quantitative estimate of drug-likeness (QED) is 0.266. The van der Waals surface area contributed by atoms with Crippen LogP contribution in [-0.4, -0.2) is 23.9 Å². The normalized spacial score (nSPS) is 9.00. The largest absolute Gasteiger partial charge is 0.275 e. The van der Waals surface area contributed by atoms with Crippen molar-refractivity contribution >= 4 is 0 Å². The lowest BCUT2D eigenvalue weighted by Gasteiger charge is -2.19. The summed E-state index contributed by atoms with van der Waals surface area (Å²) < 4.78 is 0. The second-order valence-electron chi connectivity index (χ2n) is 1.78. The van der Waals surface area contributed by atoms with Gasteiger partial charge in [0, 0.05) is 13.1 Å². The Labute approximate surface area is 77.4 Å². The number of hydrogen-bond acceptors (Lipinski definition) is 6. The van der Waals surface area contributed by atoms with Crippen LogP contribution in [0, 0.1) is 12.5 Å². The summed E-state index contributed by atoms with van der Waals surface area (Å²) in [6.45, 7) is 5.66. The van der Waals surface area contributed by atoms with Gasteiger partial charge in [0.05, 0.1) is 12.8 Å². The first-order valence-corrected chi connectivity index (χ1v) is 3.58. The Balaban J connectivity index is 3.64. The van der Waals surface area contributed by atoms with Crippen molar-refractivity contribution in [2.24, 2.45) is 0 Å². The van der Waals surface area contributed by atoms with E-state index in [-0.39, 0.29) is 0 Å². The van der Waals surface area contributed by atoms with Crippen LogP contribution >= 0.6 is 0 Å². The van der Waals surface area contributed by atoms with Crippen LogP contribution in [0.4, 0.5) is 0 Å². The highest BCUT2D eigenvalue weighted by Crippen LogP contribution is 1.92. The predicted octanol–water partition coefficient (Wildman–Crippen LogP) is 0.189. The van der Waals surface area contributed by atoms with Crippen molar-refractivity contribution in [1.29, 1.82) is 0 Å². The van der Waals surface area contributed by atoms with Gasteiger partial charge < -0.3 is 0 Å². The van der Waals surface area contributed by atoms with E-state index >= 15 is 0 Å². The topological polar surface area (TPSA) is 46.2 Å². The minimum absolute atomic E-state index is 0.454. The van der Waals surface area contributed by atoms with E-state index in [1.54, 1.807) is 6.92 Å². The monoisotopic (exact) mass is 187 g/mol. The Morgan fingerprint density at radius 3 is 2.85 bits per heavy atom. The molecule has 0 unspecified atom stereocenters. The van der Waals surface area contributed by atoms with Crippen molar-refractivity contribution < 1.29 is 14.7 Å². The smallest absolute Gasteiger partial charge is 0.0681 e. The minimum Gasteiger partial charge on any atom is -0.275 e. The van der Waals surface area contributed by atoms with Gasteiger partial charge in [0.2, 0.25) is 0 Å². The van der Waals surface area contributed by atoms with E-state index in [9.17, 15) is 0 Å². The molecule has 0 heterocycles. The van der Waals surface area contributed by atoms with Gasteiger partial charge in [-0.2, -0.15) is 5.06 Å². The molecule has 74 valence electrons. The zero-order valence-electron chi connectivity index (χ0n) is 7.69. The molecule has 0 aromatic rings. The highest BCUT2D eigenvalue weighted by Gasteiger charge is 2.01. The van der Waals surface area contributed by atoms with Crippen molar-refractivity contribution in [3.05, 3.63) is 12.8 Å². The molecule has 0 saturated heterocycles. The zero-order valence-corrected chi connectivity index (χ0v) is 7.69. The van der Waals surface area contributed by atoms with Crippen LogP contribution in [0.25, 0.3) is 0 Å². The molecule has 0 aliphatic carbocycles. The Morgan fingerprint density at radius 1 is 1.69 bits per heavy atom. The lowest BCUT2D eigenvalue weighted by atomic mass is 10.9. The summed E-state index contributed by atoms with van der Waals surface area (Å²) in [5, 5.41) is 1.99. The van der Waals surface area contributed by atoms with Gasteiger partial charge >= 0.3 is 0 Å². The molecule has 0 aliphatic rings. The fourth-order valence-electron chi connectivity index (χ4n) is 0.354. The maximum Gasteiger partial charge on any atom is 0.0681 e. The molecule has 0 aromatic heterocycles. The molecular weight excluding hydrogens is 174 g/mol. The van der Waals surface area contributed by atoms with Crippen molar-refractivity contribution in [2.45, 2.75) is 6.92 Å². The Hall–Kier alpha value is -1.26. The van der Waals surface area contributed by atoms with Crippen LogP contribution in [0.5, 0.6) is 0 Å². The molecule has 0 rings (SSSR count). The third-order valence-corrected chi connectivity index (χ3v) is 0.864. The van der Waals surface area contributed by atoms with Crippen LogP contribution in [0.2, 0.25) is 0 Å². The second kappa shape index (κ2) is 7.39. The van der Waals surface area contributed by atoms with Gasteiger partial charge in [0.15, 0.2) is 0 Å². The first kappa shape index (κ1) is 11.7. The summed E-state index contributed by atoms with van der Waals surface area (Å²) >= 11 is 0. The molecule has 6 nitrogen and oxygen atoms in total. The molecule has 0 fully saturated rings. The van der Waals surface area contributed by atoms with Crippen molar-refractivity contribution in [1.82, 2.24) is 15.9 Å². The third kappa shape index (κ3) is 5.95. The van der Waals surface area contributed by atoms with Crippen molar-refractivity contribution in [3.8, 4) is 12.5 Å². The van der Waals surface area contributed by atoms with Crippen molar-refractivity contribution in [2.75, 3.05) is 13.7 Å². The predicted molar refractivity (Wildman–Crippen MR) is 45.6 cm³/mol. The van der Waals surface area contributed by atoms with E-state index in [1.807, 2.05) is 0 Å². The molecular formula is C7H13N3O3.